The topological polar surface area (TPSA) is 110 Å². The van der Waals surface area contributed by atoms with Crippen molar-refractivity contribution in [3.05, 3.63) is 59.2 Å². The zero-order valence-corrected chi connectivity index (χ0v) is 17.6. The van der Waals surface area contributed by atoms with Gasteiger partial charge in [0.1, 0.15) is 0 Å². The van der Waals surface area contributed by atoms with Gasteiger partial charge in [-0.05, 0) is 42.5 Å². The van der Waals surface area contributed by atoms with Crippen LogP contribution in [-0.4, -0.2) is 36.1 Å². The Kier molecular flexibility index (Phi) is 5.75. The normalized spacial score (nSPS) is 13.1. The molecular weight excluding hydrogens is 400 g/mol. The number of nitrogens with one attached hydrogen (secondary N) is 1. The van der Waals surface area contributed by atoms with Crippen molar-refractivity contribution in [3.63, 3.8) is 0 Å². The van der Waals surface area contributed by atoms with Gasteiger partial charge in [-0.1, -0.05) is 20.8 Å². The predicted molar refractivity (Wildman–Crippen MR) is 113 cm³/mol. The highest BCUT2D eigenvalue weighted by atomic mass is 16.5. The minimum Gasteiger partial charge on any atom is -0.454 e. The van der Waals surface area contributed by atoms with Crippen molar-refractivity contribution in [2.75, 3.05) is 16.8 Å². The summed E-state index contributed by atoms with van der Waals surface area (Å²) >= 11 is 0. The maximum atomic E-state index is 12.9. The van der Waals surface area contributed by atoms with Crippen molar-refractivity contribution in [1.82, 2.24) is 0 Å². The van der Waals surface area contributed by atoms with E-state index in [0.717, 1.165) is 4.90 Å². The van der Waals surface area contributed by atoms with Gasteiger partial charge < -0.3 is 10.1 Å². The molecule has 160 valence electrons. The van der Waals surface area contributed by atoms with Gasteiger partial charge in [0.05, 0.1) is 22.4 Å². The fourth-order valence-corrected chi connectivity index (χ4v) is 2.93. The number of ether oxygens (including phenoxy) is 1. The summed E-state index contributed by atoms with van der Waals surface area (Å²) in [5, 5.41) is 2.61. The van der Waals surface area contributed by atoms with Crippen molar-refractivity contribution >= 4 is 40.8 Å². The molecule has 0 spiro atoms. The molecule has 3 rings (SSSR count). The van der Waals surface area contributed by atoms with E-state index < -0.39 is 23.2 Å². The molecule has 8 nitrogen and oxygen atoms in total. The molecule has 0 unspecified atom stereocenters. The van der Waals surface area contributed by atoms with Crippen molar-refractivity contribution < 1.29 is 28.7 Å². The van der Waals surface area contributed by atoms with E-state index in [4.69, 9.17) is 4.74 Å². The van der Waals surface area contributed by atoms with Gasteiger partial charge in [0.2, 0.25) is 5.91 Å². The smallest absolute Gasteiger partial charge is 0.338 e. The summed E-state index contributed by atoms with van der Waals surface area (Å²) in [5.74, 6) is -2.32. The van der Waals surface area contributed by atoms with Crippen LogP contribution in [0.1, 0.15) is 58.8 Å². The Labute approximate surface area is 179 Å². The summed E-state index contributed by atoms with van der Waals surface area (Å²) in [4.78, 5) is 62.0. The molecule has 2 aromatic rings. The lowest BCUT2D eigenvalue weighted by molar-refractivity contribution is -0.129. The Hall–Kier alpha value is -3.81. The Morgan fingerprint density at radius 3 is 2.13 bits per heavy atom. The molecule has 0 aromatic heterocycles. The van der Waals surface area contributed by atoms with Crippen LogP contribution in [0.2, 0.25) is 0 Å². The van der Waals surface area contributed by atoms with E-state index >= 15 is 0 Å². The first-order chi connectivity index (χ1) is 14.5. The molecule has 0 atom stereocenters. The average molecular weight is 422 g/mol. The molecule has 8 heteroatoms. The maximum absolute atomic E-state index is 12.9. The molecule has 1 aliphatic rings. The van der Waals surface area contributed by atoms with Crippen LogP contribution >= 0.6 is 0 Å². The van der Waals surface area contributed by atoms with Crippen molar-refractivity contribution in [1.29, 1.82) is 0 Å². The summed E-state index contributed by atoms with van der Waals surface area (Å²) in [5.41, 5.74) is 0.537. The number of benzene rings is 2. The Bertz CT molecular complexity index is 1100. The molecule has 0 fully saturated rings. The van der Waals surface area contributed by atoms with Crippen LogP contribution in [0.25, 0.3) is 0 Å². The molecule has 0 radical (unpaired) electrons. The molecule has 0 bridgehead atoms. The van der Waals surface area contributed by atoms with Gasteiger partial charge >= 0.3 is 5.97 Å². The van der Waals surface area contributed by atoms with E-state index in [-0.39, 0.29) is 35.0 Å². The largest absolute Gasteiger partial charge is 0.454 e. The van der Waals surface area contributed by atoms with Gasteiger partial charge in [0, 0.05) is 18.0 Å². The lowest BCUT2D eigenvalue weighted by atomic mass is 9.91. The minimum absolute atomic E-state index is 0.0736. The van der Waals surface area contributed by atoms with E-state index in [9.17, 15) is 24.0 Å². The van der Waals surface area contributed by atoms with Crippen LogP contribution < -0.4 is 10.2 Å². The number of esters is 1. The highest BCUT2D eigenvalue weighted by molar-refractivity contribution is 6.34. The number of imide groups is 1. The number of amides is 3. The SMILES string of the molecule is CC(=O)Nc1ccc(N2C(=O)c3ccc(C(=O)OCC(=O)C(C)(C)C)cc3C2=O)cc1. The Morgan fingerprint density at radius 1 is 0.935 bits per heavy atom. The first-order valence-corrected chi connectivity index (χ1v) is 9.60. The molecule has 2 aromatic carbocycles. The number of hydrogen-bond donors (Lipinski definition) is 1. The van der Waals surface area contributed by atoms with E-state index in [1.807, 2.05) is 0 Å². The standard InChI is InChI=1S/C23H22N2O6/c1-13(26)24-15-6-8-16(9-7-15)25-20(28)17-10-5-14(11-18(17)21(25)29)22(30)31-12-19(27)23(2,3)4/h5-11H,12H2,1-4H3,(H,24,26). The van der Waals surface area contributed by atoms with Crippen LogP contribution in [0.3, 0.4) is 0 Å². The molecule has 1 heterocycles. The average Bonchev–Trinajstić information content (AvgIpc) is 2.95. The first-order valence-electron chi connectivity index (χ1n) is 9.60. The highest BCUT2D eigenvalue weighted by Crippen LogP contribution is 2.30. The van der Waals surface area contributed by atoms with Gasteiger partial charge in [0.25, 0.3) is 11.8 Å². The third kappa shape index (κ3) is 4.53. The summed E-state index contributed by atoms with van der Waals surface area (Å²) in [7, 11) is 0. The van der Waals surface area contributed by atoms with Crippen molar-refractivity contribution in [2.24, 2.45) is 5.41 Å². The van der Waals surface area contributed by atoms with E-state index in [2.05, 4.69) is 5.32 Å². The third-order valence-electron chi connectivity index (χ3n) is 4.74. The van der Waals surface area contributed by atoms with Gasteiger partial charge in [-0.25, -0.2) is 9.69 Å². The van der Waals surface area contributed by atoms with Crippen LogP contribution in [0.15, 0.2) is 42.5 Å². The number of fused-ring (bicyclic) bond motifs is 1. The number of ketones is 1. The zero-order valence-electron chi connectivity index (χ0n) is 17.6. The first kappa shape index (κ1) is 21.9. The number of carbonyl (C=O) groups excluding carboxylic acids is 5. The molecule has 1 N–H and O–H groups in total. The molecule has 1 aliphatic heterocycles. The van der Waals surface area contributed by atoms with E-state index in [1.54, 1.807) is 45.0 Å². The summed E-state index contributed by atoms with van der Waals surface area (Å²) in [6, 6.07) is 10.3. The Balaban J connectivity index is 1.79. The molecule has 0 saturated carbocycles. The number of rotatable bonds is 5. The lowest BCUT2D eigenvalue weighted by Gasteiger charge is -2.16. The number of Topliss-reactive ketones (excluding diaryl/α,β-unsaturated/α-hetero) is 1. The maximum Gasteiger partial charge on any atom is 0.338 e. The van der Waals surface area contributed by atoms with Crippen molar-refractivity contribution in [2.45, 2.75) is 27.7 Å². The van der Waals surface area contributed by atoms with E-state index in [1.165, 1.54) is 25.1 Å². The monoisotopic (exact) mass is 422 g/mol. The summed E-state index contributed by atoms with van der Waals surface area (Å²) in [6.45, 7) is 6.17. The Morgan fingerprint density at radius 2 is 1.55 bits per heavy atom. The second-order valence-corrected chi connectivity index (χ2v) is 8.18. The van der Waals surface area contributed by atoms with Crippen LogP contribution in [0, 0.1) is 5.41 Å². The van der Waals surface area contributed by atoms with E-state index in [0.29, 0.717) is 11.4 Å². The molecule has 31 heavy (non-hydrogen) atoms. The quantitative estimate of drug-likeness (QED) is 0.585. The molecule has 3 amide bonds. The van der Waals surface area contributed by atoms with Gasteiger partial charge in [-0.3, -0.25) is 19.2 Å². The number of hydrogen-bond acceptors (Lipinski definition) is 6. The molecule has 0 aliphatic carbocycles. The fraction of sp³-hybridized carbons (Fsp3) is 0.261. The van der Waals surface area contributed by atoms with Crippen LogP contribution in [0.5, 0.6) is 0 Å². The van der Waals surface area contributed by atoms with Crippen molar-refractivity contribution in [3.8, 4) is 0 Å². The highest BCUT2D eigenvalue weighted by Gasteiger charge is 2.37. The minimum atomic E-state index is -0.751. The lowest BCUT2D eigenvalue weighted by Crippen LogP contribution is -2.29. The van der Waals surface area contributed by atoms with Gasteiger partial charge in [0.15, 0.2) is 12.4 Å². The second kappa shape index (κ2) is 8.14. The van der Waals surface area contributed by atoms with Gasteiger partial charge in [-0.2, -0.15) is 0 Å². The summed E-state index contributed by atoms with van der Waals surface area (Å²) < 4.78 is 5.06. The third-order valence-corrected chi connectivity index (χ3v) is 4.74. The van der Waals surface area contributed by atoms with Crippen LogP contribution in [0.4, 0.5) is 11.4 Å². The number of nitrogens with zero attached hydrogens (tertiary/aromatic N) is 1. The predicted octanol–water partition coefficient (Wildman–Crippen LogP) is 3.22. The van der Waals surface area contributed by atoms with Gasteiger partial charge in [-0.15, -0.1) is 0 Å². The fourth-order valence-electron chi connectivity index (χ4n) is 2.93. The molecule has 0 saturated heterocycles. The number of anilines is 2. The van der Waals surface area contributed by atoms with Crippen LogP contribution in [-0.2, 0) is 14.3 Å². The summed E-state index contributed by atoms with van der Waals surface area (Å²) in [6.07, 6.45) is 0. The zero-order chi connectivity index (χ0) is 22.9. The molecular formula is C23H22N2O6. The second-order valence-electron chi connectivity index (χ2n) is 8.18. The number of carbonyl (C=O) groups is 5.